The van der Waals surface area contributed by atoms with E-state index >= 15 is 0 Å². The monoisotopic (exact) mass is 336 g/mol. The Hall–Kier alpha value is -0.300. The Morgan fingerprint density at radius 2 is 1.17 bits per heavy atom. The summed E-state index contributed by atoms with van der Waals surface area (Å²) in [4.78, 5) is 0. The van der Waals surface area contributed by atoms with Gasteiger partial charge < -0.3 is 4.74 Å². The molecule has 24 heavy (non-hydrogen) atoms. The van der Waals surface area contributed by atoms with Crippen LogP contribution in [-0.2, 0) is 4.74 Å². The summed E-state index contributed by atoms with van der Waals surface area (Å²) in [7, 11) is 0. The van der Waals surface area contributed by atoms with Gasteiger partial charge in [-0.2, -0.15) is 0 Å². The first-order chi connectivity index (χ1) is 11.9. The van der Waals surface area contributed by atoms with Crippen LogP contribution in [0.3, 0.4) is 0 Å². The first-order valence-electron chi connectivity index (χ1n) is 11.2. The van der Waals surface area contributed by atoms with Gasteiger partial charge in [-0.05, 0) is 19.3 Å². The molecule has 0 aromatic carbocycles. The second-order valence-corrected chi connectivity index (χ2v) is 7.78. The molecular formula is C23H44O. The van der Waals surface area contributed by atoms with E-state index in [1.165, 1.54) is 103 Å². The fourth-order valence-corrected chi connectivity index (χ4v) is 3.71. The predicted molar refractivity (Wildman–Crippen MR) is 108 cm³/mol. The molecule has 0 saturated heterocycles. The lowest BCUT2D eigenvalue weighted by Crippen LogP contribution is -2.24. The summed E-state index contributed by atoms with van der Waals surface area (Å²) >= 11 is 0. The van der Waals surface area contributed by atoms with Crippen molar-refractivity contribution in [3.8, 4) is 0 Å². The van der Waals surface area contributed by atoms with Crippen molar-refractivity contribution < 1.29 is 4.74 Å². The van der Waals surface area contributed by atoms with Crippen molar-refractivity contribution in [2.45, 2.75) is 135 Å². The summed E-state index contributed by atoms with van der Waals surface area (Å²) in [5.41, 5.74) is 0. The van der Waals surface area contributed by atoms with E-state index in [4.69, 9.17) is 4.74 Å². The maximum absolute atomic E-state index is 6.29. The molecule has 0 saturated carbocycles. The van der Waals surface area contributed by atoms with Crippen molar-refractivity contribution in [1.82, 2.24) is 0 Å². The molecule has 0 aliphatic carbocycles. The molecule has 1 nitrogen and oxygen atoms in total. The number of rotatable bonds is 16. The van der Waals surface area contributed by atoms with Crippen LogP contribution in [0.2, 0.25) is 0 Å². The maximum Gasteiger partial charge on any atom is 0.0759 e. The molecule has 0 fully saturated rings. The highest BCUT2D eigenvalue weighted by atomic mass is 16.5. The molecule has 1 aliphatic heterocycles. The van der Waals surface area contributed by atoms with Gasteiger partial charge in [0.05, 0.1) is 12.2 Å². The van der Waals surface area contributed by atoms with Gasteiger partial charge in [0.15, 0.2) is 0 Å². The fraction of sp³-hybridized carbons (Fsp3) is 0.913. The summed E-state index contributed by atoms with van der Waals surface area (Å²) in [5.74, 6) is 0. The Balaban J connectivity index is 1.95. The van der Waals surface area contributed by atoms with Gasteiger partial charge in [0, 0.05) is 0 Å². The van der Waals surface area contributed by atoms with E-state index in [1.807, 2.05) is 0 Å². The SMILES string of the molecule is CCCCCCCCC[C@@H]1CC=C[C@H](CCCCCCCCC)O1. The quantitative estimate of drug-likeness (QED) is 0.205. The van der Waals surface area contributed by atoms with Crippen molar-refractivity contribution in [1.29, 1.82) is 0 Å². The third-order valence-corrected chi connectivity index (χ3v) is 5.34. The van der Waals surface area contributed by atoms with E-state index in [9.17, 15) is 0 Å². The molecule has 0 radical (unpaired) electrons. The molecule has 0 bridgehead atoms. The van der Waals surface area contributed by atoms with Gasteiger partial charge in [0.2, 0.25) is 0 Å². The lowest BCUT2D eigenvalue weighted by molar-refractivity contribution is -0.00434. The predicted octanol–water partition coefficient (Wildman–Crippen LogP) is 7.98. The van der Waals surface area contributed by atoms with Gasteiger partial charge >= 0.3 is 0 Å². The van der Waals surface area contributed by atoms with E-state index in [-0.39, 0.29) is 0 Å². The molecule has 0 aromatic rings. The summed E-state index contributed by atoms with van der Waals surface area (Å²) in [6.07, 6.45) is 28.8. The first-order valence-corrected chi connectivity index (χ1v) is 11.2. The van der Waals surface area contributed by atoms with Crippen molar-refractivity contribution in [3.05, 3.63) is 12.2 Å². The van der Waals surface area contributed by atoms with Crippen molar-refractivity contribution in [3.63, 3.8) is 0 Å². The molecule has 142 valence electrons. The molecular weight excluding hydrogens is 292 g/mol. The average molecular weight is 337 g/mol. The Morgan fingerprint density at radius 1 is 0.667 bits per heavy atom. The topological polar surface area (TPSA) is 9.23 Å². The van der Waals surface area contributed by atoms with Crippen LogP contribution in [-0.4, -0.2) is 12.2 Å². The summed E-state index contributed by atoms with van der Waals surface area (Å²) in [6, 6.07) is 0. The van der Waals surface area contributed by atoms with Gasteiger partial charge in [0.1, 0.15) is 0 Å². The van der Waals surface area contributed by atoms with Crippen molar-refractivity contribution >= 4 is 0 Å². The number of ether oxygens (including phenoxy) is 1. The van der Waals surface area contributed by atoms with E-state index in [0.717, 1.165) is 6.42 Å². The van der Waals surface area contributed by atoms with Crippen LogP contribution < -0.4 is 0 Å². The van der Waals surface area contributed by atoms with Gasteiger partial charge in [-0.15, -0.1) is 0 Å². The van der Waals surface area contributed by atoms with Crippen LogP contribution in [0.5, 0.6) is 0 Å². The smallest absolute Gasteiger partial charge is 0.0759 e. The Morgan fingerprint density at radius 3 is 1.75 bits per heavy atom. The van der Waals surface area contributed by atoms with Crippen LogP contribution in [0.15, 0.2) is 12.2 Å². The number of hydrogen-bond acceptors (Lipinski definition) is 1. The summed E-state index contributed by atoms with van der Waals surface area (Å²) in [5, 5.41) is 0. The molecule has 1 rings (SSSR count). The van der Waals surface area contributed by atoms with Crippen molar-refractivity contribution in [2.24, 2.45) is 0 Å². The fourth-order valence-electron chi connectivity index (χ4n) is 3.71. The highest BCUT2D eigenvalue weighted by molar-refractivity contribution is 4.96. The molecule has 2 atom stereocenters. The zero-order valence-corrected chi connectivity index (χ0v) is 16.7. The highest BCUT2D eigenvalue weighted by Gasteiger charge is 2.17. The molecule has 1 aliphatic rings. The van der Waals surface area contributed by atoms with Gasteiger partial charge in [-0.3, -0.25) is 0 Å². The van der Waals surface area contributed by atoms with Gasteiger partial charge in [0.25, 0.3) is 0 Å². The largest absolute Gasteiger partial charge is 0.371 e. The third-order valence-electron chi connectivity index (χ3n) is 5.34. The van der Waals surface area contributed by atoms with E-state index in [2.05, 4.69) is 26.0 Å². The van der Waals surface area contributed by atoms with Crippen LogP contribution in [0, 0.1) is 0 Å². The standard InChI is InChI=1S/C23H44O/c1-3-5-7-9-11-13-15-18-22-20-17-21-23(24-22)19-16-14-12-10-8-6-4-2/h17,20,22-23H,3-16,18-19,21H2,1-2H3/t22-,23+/m0/s1. The molecule has 0 spiro atoms. The minimum absolute atomic E-state index is 0.406. The highest BCUT2D eigenvalue weighted by Crippen LogP contribution is 2.22. The second-order valence-electron chi connectivity index (χ2n) is 7.78. The van der Waals surface area contributed by atoms with E-state index in [0.29, 0.717) is 12.2 Å². The van der Waals surface area contributed by atoms with E-state index < -0.39 is 0 Å². The zero-order chi connectivity index (χ0) is 17.3. The van der Waals surface area contributed by atoms with Crippen LogP contribution in [0.1, 0.15) is 123 Å². The second kappa shape index (κ2) is 16.2. The third kappa shape index (κ3) is 12.1. The molecule has 1 heteroatoms. The summed E-state index contributed by atoms with van der Waals surface area (Å²) < 4.78 is 6.29. The Kier molecular flexibility index (Phi) is 14.7. The number of unbranched alkanes of at least 4 members (excludes halogenated alkanes) is 12. The summed E-state index contributed by atoms with van der Waals surface area (Å²) in [6.45, 7) is 4.58. The molecule has 0 N–H and O–H groups in total. The van der Waals surface area contributed by atoms with Crippen molar-refractivity contribution in [2.75, 3.05) is 0 Å². The Bertz CT molecular complexity index is 284. The first kappa shape index (κ1) is 21.7. The molecule has 0 amide bonds. The van der Waals surface area contributed by atoms with E-state index in [1.54, 1.807) is 0 Å². The average Bonchev–Trinajstić information content (AvgIpc) is 2.60. The van der Waals surface area contributed by atoms with Gasteiger partial charge in [-0.1, -0.05) is 116 Å². The minimum Gasteiger partial charge on any atom is -0.371 e. The molecule has 0 aromatic heterocycles. The van der Waals surface area contributed by atoms with Gasteiger partial charge in [-0.25, -0.2) is 0 Å². The molecule has 0 unspecified atom stereocenters. The maximum atomic E-state index is 6.29. The molecule has 1 heterocycles. The zero-order valence-electron chi connectivity index (χ0n) is 16.7. The van der Waals surface area contributed by atoms with Crippen LogP contribution >= 0.6 is 0 Å². The number of hydrogen-bond donors (Lipinski definition) is 0. The lowest BCUT2D eigenvalue weighted by atomic mass is 10.0. The van der Waals surface area contributed by atoms with Crippen LogP contribution in [0.4, 0.5) is 0 Å². The Labute approximate surface area is 152 Å². The van der Waals surface area contributed by atoms with Crippen LogP contribution in [0.25, 0.3) is 0 Å². The normalized spacial score (nSPS) is 20.6. The minimum atomic E-state index is 0.406. The lowest BCUT2D eigenvalue weighted by Gasteiger charge is -2.26.